The first-order valence-corrected chi connectivity index (χ1v) is 12.3. The molecule has 0 fully saturated rings. The fourth-order valence-electron chi connectivity index (χ4n) is 4.35. The summed E-state index contributed by atoms with van der Waals surface area (Å²) in [6, 6.07) is 26.4. The second-order valence-corrected chi connectivity index (χ2v) is 9.23. The Labute approximate surface area is 218 Å². The van der Waals surface area contributed by atoms with Crippen LogP contribution in [-0.4, -0.2) is 22.6 Å². The number of amides is 2. The van der Waals surface area contributed by atoms with Crippen molar-refractivity contribution in [2.45, 2.75) is 40.2 Å². The Morgan fingerprint density at radius 3 is 2.22 bits per heavy atom. The second kappa shape index (κ2) is 11.5. The van der Waals surface area contributed by atoms with Gasteiger partial charge in [-0.15, -0.1) is 0 Å². The van der Waals surface area contributed by atoms with Crippen LogP contribution >= 0.6 is 0 Å². The minimum atomic E-state index is -0.487. The Hall–Kier alpha value is -4.45. The van der Waals surface area contributed by atoms with Crippen molar-refractivity contribution in [2.75, 3.05) is 0 Å². The molecule has 0 radical (unpaired) electrons. The molecule has 37 heavy (non-hydrogen) atoms. The highest BCUT2D eigenvalue weighted by atomic mass is 16.2. The summed E-state index contributed by atoms with van der Waals surface area (Å²) < 4.78 is 2.18. The summed E-state index contributed by atoms with van der Waals surface area (Å²) in [6.07, 6.45) is 1.72. The van der Waals surface area contributed by atoms with Crippen molar-refractivity contribution in [1.29, 1.82) is 0 Å². The zero-order chi connectivity index (χ0) is 26.4. The highest BCUT2D eigenvalue weighted by molar-refractivity contribution is 5.94. The average molecular weight is 493 g/mol. The second-order valence-electron chi connectivity index (χ2n) is 9.23. The van der Waals surface area contributed by atoms with Crippen LogP contribution in [0.15, 0.2) is 90.0 Å². The minimum Gasteiger partial charge on any atom is -0.345 e. The molecule has 1 heterocycles. The van der Waals surface area contributed by atoms with E-state index in [1.807, 2.05) is 61.5 Å². The van der Waals surface area contributed by atoms with Crippen LogP contribution in [0.25, 0.3) is 5.69 Å². The summed E-state index contributed by atoms with van der Waals surface area (Å²) in [4.78, 5) is 25.6. The number of hydrogen-bond donors (Lipinski definition) is 2. The fourth-order valence-corrected chi connectivity index (χ4v) is 4.35. The molecule has 0 bridgehead atoms. The molecule has 4 aromatic rings. The molecule has 0 aliphatic rings. The van der Waals surface area contributed by atoms with Gasteiger partial charge in [-0.25, -0.2) is 5.43 Å². The van der Waals surface area contributed by atoms with Gasteiger partial charge in [-0.2, -0.15) is 5.10 Å². The summed E-state index contributed by atoms with van der Waals surface area (Å²) in [7, 11) is 0. The Morgan fingerprint density at radius 1 is 0.865 bits per heavy atom. The van der Waals surface area contributed by atoms with E-state index in [1.165, 1.54) is 11.1 Å². The summed E-state index contributed by atoms with van der Waals surface area (Å²) in [6.45, 7) is 8.30. The number of carbonyl (C=O) groups excluding carboxylic acids is 2. The Bertz CT molecular complexity index is 1420. The van der Waals surface area contributed by atoms with Crippen molar-refractivity contribution in [2.24, 2.45) is 5.10 Å². The van der Waals surface area contributed by atoms with Gasteiger partial charge in [-0.3, -0.25) is 9.59 Å². The predicted octanol–water partition coefficient (Wildman–Crippen LogP) is 5.72. The Morgan fingerprint density at radius 2 is 1.54 bits per heavy atom. The summed E-state index contributed by atoms with van der Waals surface area (Å²) in [5, 5.41) is 7.20. The smallest absolute Gasteiger partial charge is 0.251 e. The van der Waals surface area contributed by atoms with Crippen LogP contribution < -0.4 is 10.7 Å². The molecule has 1 atom stereocenters. The molecule has 0 saturated heterocycles. The van der Waals surface area contributed by atoms with E-state index in [0.717, 1.165) is 28.2 Å². The molecule has 4 rings (SSSR count). The van der Waals surface area contributed by atoms with Gasteiger partial charge in [0.1, 0.15) is 0 Å². The molecule has 6 nitrogen and oxygen atoms in total. The highest BCUT2D eigenvalue weighted by Crippen LogP contribution is 2.22. The SMILES string of the molecule is Cc1ccc(-n2c(C)cc(/C=N\NC(=O)C[C@@H](NC(=O)c3ccccc3)c3ccccc3)c2C)cc1C. The lowest BCUT2D eigenvalue weighted by molar-refractivity contribution is -0.121. The van der Waals surface area contributed by atoms with Gasteiger partial charge in [0.15, 0.2) is 0 Å². The van der Waals surface area contributed by atoms with E-state index in [2.05, 4.69) is 59.4 Å². The topological polar surface area (TPSA) is 75.5 Å². The van der Waals surface area contributed by atoms with Crippen LogP contribution in [0.5, 0.6) is 0 Å². The number of hydrogen-bond acceptors (Lipinski definition) is 3. The molecular weight excluding hydrogens is 460 g/mol. The van der Waals surface area contributed by atoms with E-state index in [4.69, 9.17) is 0 Å². The van der Waals surface area contributed by atoms with Crippen molar-refractivity contribution in [1.82, 2.24) is 15.3 Å². The van der Waals surface area contributed by atoms with Gasteiger partial charge in [-0.1, -0.05) is 54.6 Å². The molecule has 6 heteroatoms. The predicted molar refractivity (Wildman–Crippen MR) is 148 cm³/mol. The Kier molecular flexibility index (Phi) is 7.98. The van der Waals surface area contributed by atoms with Gasteiger partial charge in [0.2, 0.25) is 5.91 Å². The molecule has 188 valence electrons. The van der Waals surface area contributed by atoms with Crippen molar-refractivity contribution in [3.63, 3.8) is 0 Å². The normalized spacial score (nSPS) is 11.9. The van der Waals surface area contributed by atoms with Gasteiger partial charge in [0.25, 0.3) is 5.91 Å². The maximum absolute atomic E-state index is 12.8. The number of aryl methyl sites for hydroxylation is 3. The summed E-state index contributed by atoms with van der Waals surface area (Å²) in [5.41, 5.74) is 10.7. The van der Waals surface area contributed by atoms with Crippen LogP contribution in [0, 0.1) is 27.7 Å². The molecule has 0 aliphatic carbocycles. The van der Waals surface area contributed by atoms with E-state index in [-0.39, 0.29) is 18.2 Å². The van der Waals surface area contributed by atoms with Crippen molar-refractivity contribution in [3.8, 4) is 5.69 Å². The maximum Gasteiger partial charge on any atom is 0.251 e. The lowest BCUT2D eigenvalue weighted by Gasteiger charge is -2.18. The van der Waals surface area contributed by atoms with Gasteiger partial charge >= 0.3 is 0 Å². The van der Waals surface area contributed by atoms with Crippen LogP contribution in [0.4, 0.5) is 0 Å². The zero-order valence-electron chi connectivity index (χ0n) is 21.7. The monoisotopic (exact) mass is 492 g/mol. The quantitative estimate of drug-likeness (QED) is 0.244. The van der Waals surface area contributed by atoms with E-state index < -0.39 is 6.04 Å². The molecule has 2 N–H and O–H groups in total. The number of rotatable bonds is 8. The van der Waals surface area contributed by atoms with Gasteiger partial charge in [-0.05, 0) is 74.7 Å². The number of hydrazone groups is 1. The minimum absolute atomic E-state index is 0.0571. The first-order chi connectivity index (χ1) is 17.8. The average Bonchev–Trinajstić information content (AvgIpc) is 3.19. The molecule has 0 spiro atoms. The van der Waals surface area contributed by atoms with Crippen molar-refractivity contribution >= 4 is 18.0 Å². The van der Waals surface area contributed by atoms with Crippen molar-refractivity contribution < 1.29 is 9.59 Å². The van der Waals surface area contributed by atoms with E-state index in [1.54, 1.807) is 18.3 Å². The maximum atomic E-state index is 12.8. The molecule has 2 amide bonds. The highest BCUT2D eigenvalue weighted by Gasteiger charge is 2.19. The standard InChI is InChI=1S/C31H32N4O2/c1-21-15-16-28(17-22(21)2)35-23(3)18-27(24(35)4)20-32-34-30(36)19-29(25-11-7-5-8-12-25)33-31(37)26-13-9-6-10-14-26/h5-18,20,29H,19H2,1-4H3,(H,33,37)(H,34,36)/b32-20-/t29-/m1/s1. The lowest BCUT2D eigenvalue weighted by Crippen LogP contribution is -2.32. The first-order valence-electron chi connectivity index (χ1n) is 12.3. The molecule has 0 aliphatic heterocycles. The lowest BCUT2D eigenvalue weighted by atomic mass is 10.0. The first kappa shape index (κ1) is 25.6. The van der Waals surface area contributed by atoms with Crippen molar-refractivity contribution in [3.05, 3.63) is 124 Å². The molecule has 3 aromatic carbocycles. The van der Waals surface area contributed by atoms with E-state index >= 15 is 0 Å². The fraction of sp³-hybridized carbons (Fsp3) is 0.194. The molecule has 0 saturated carbocycles. The third kappa shape index (κ3) is 6.22. The van der Waals surface area contributed by atoms with Crippen LogP contribution in [0.2, 0.25) is 0 Å². The number of nitrogens with zero attached hydrogens (tertiary/aromatic N) is 2. The van der Waals surface area contributed by atoms with Crippen LogP contribution in [-0.2, 0) is 4.79 Å². The third-order valence-corrected chi connectivity index (χ3v) is 6.54. The zero-order valence-corrected chi connectivity index (χ0v) is 21.7. The summed E-state index contributed by atoms with van der Waals surface area (Å²) in [5.74, 6) is -0.522. The molecular formula is C31H32N4O2. The van der Waals surface area contributed by atoms with Crippen LogP contribution in [0.3, 0.4) is 0 Å². The number of carbonyl (C=O) groups is 2. The van der Waals surface area contributed by atoms with Crippen LogP contribution in [0.1, 0.15) is 56.5 Å². The van der Waals surface area contributed by atoms with Gasteiger partial charge in [0.05, 0.1) is 18.7 Å². The van der Waals surface area contributed by atoms with E-state index in [0.29, 0.717) is 5.56 Å². The van der Waals surface area contributed by atoms with Gasteiger partial charge in [0, 0.05) is 28.2 Å². The largest absolute Gasteiger partial charge is 0.345 e. The Balaban J connectivity index is 1.45. The molecule has 0 unspecified atom stereocenters. The number of nitrogens with one attached hydrogen (secondary N) is 2. The number of benzene rings is 3. The summed E-state index contributed by atoms with van der Waals surface area (Å²) >= 11 is 0. The third-order valence-electron chi connectivity index (χ3n) is 6.54. The molecule has 1 aromatic heterocycles. The van der Waals surface area contributed by atoms with Gasteiger partial charge < -0.3 is 9.88 Å². The number of aromatic nitrogens is 1. The van der Waals surface area contributed by atoms with E-state index in [9.17, 15) is 9.59 Å².